The predicted molar refractivity (Wildman–Crippen MR) is 122 cm³/mol. The third-order valence-electron chi connectivity index (χ3n) is 6.20. The fourth-order valence-electron chi connectivity index (χ4n) is 3.92. The van der Waals surface area contributed by atoms with Crippen molar-refractivity contribution in [1.29, 1.82) is 5.41 Å². The Bertz CT molecular complexity index is 965. The molecule has 2 atom stereocenters. The summed E-state index contributed by atoms with van der Waals surface area (Å²) in [6.07, 6.45) is 5.59. The van der Waals surface area contributed by atoms with Gasteiger partial charge in [-0.05, 0) is 43.9 Å². The van der Waals surface area contributed by atoms with Crippen LogP contribution in [0.4, 0.5) is 0 Å². The van der Waals surface area contributed by atoms with Crippen LogP contribution in [0.5, 0.6) is 0 Å². The number of allylic oxidation sites excluding steroid dienone is 2. The molecule has 170 valence electrons. The minimum atomic E-state index is -0.808. The number of hydrogen-bond acceptors (Lipinski definition) is 5. The first-order chi connectivity index (χ1) is 15.2. The Morgan fingerprint density at radius 1 is 1.16 bits per heavy atom. The molecule has 1 heterocycles. The number of nitrogens with one attached hydrogen (secondary N) is 2. The summed E-state index contributed by atoms with van der Waals surface area (Å²) < 4.78 is 0. The smallest absolute Gasteiger partial charge is 0.313 e. The molecule has 1 saturated heterocycles. The van der Waals surface area contributed by atoms with Crippen molar-refractivity contribution in [2.75, 3.05) is 13.1 Å². The quantitative estimate of drug-likeness (QED) is 0.371. The lowest BCUT2D eigenvalue weighted by Crippen LogP contribution is -2.59. The van der Waals surface area contributed by atoms with E-state index >= 15 is 0 Å². The molecule has 1 aromatic rings. The molecule has 0 radical (unpaired) electrons. The van der Waals surface area contributed by atoms with Crippen molar-refractivity contribution < 1.29 is 14.4 Å². The van der Waals surface area contributed by atoms with Crippen LogP contribution < -0.4 is 11.1 Å². The zero-order chi connectivity index (χ0) is 23.5. The highest BCUT2D eigenvalue weighted by Gasteiger charge is 2.50. The Morgan fingerprint density at radius 3 is 2.38 bits per heavy atom. The van der Waals surface area contributed by atoms with Gasteiger partial charge in [-0.2, -0.15) is 0 Å². The predicted octanol–water partition coefficient (Wildman–Crippen LogP) is 2.10. The van der Waals surface area contributed by atoms with E-state index in [4.69, 9.17) is 11.1 Å². The number of benzene rings is 1. The van der Waals surface area contributed by atoms with Crippen molar-refractivity contribution in [3.05, 3.63) is 59.4 Å². The molecular formula is C24H31N5O3. The molecule has 1 saturated carbocycles. The average molecular weight is 438 g/mol. The van der Waals surface area contributed by atoms with E-state index in [9.17, 15) is 14.4 Å². The topological polar surface area (TPSA) is 120 Å². The van der Waals surface area contributed by atoms with Gasteiger partial charge in [0.2, 0.25) is 5.91 Å². The van der Waals surface area contributed by atoms with E-state index in [-0.39, 0.29) is 29.6 Å². The third-order valence-corrected chi connectivity index (χ3v) is 6.20. The van der Waals surface area contributed by atoms with E-state index in [1.54, 1.807) is 6.92 Å². The standard InChI is InChI=1S/C24H31N5O3/c1-16(12-25)11-19(13-26)27-21(30)22(31)29-14-17(2)28(23(32)24(3)9-10-24)15-20(29)18-7-5-4-6-8-18/h4-8,11-13,17,20,25H,9-10,14-15,26H2,1-3H3,(H,27,30)/b16-11-,19-13+,25-12?/t17-,20-/m1/s1. The summed E-state index contributed by atoms with van der Waals surface area (Å²) in [7, 11) is 0. The van der Waals surface area contributed by atoms with Crippen molar-refractivity contribution in [3.63, 3.8) is 0 Å². The summed E-state index contributed by atoms with van der Waals surface area (Å²) in [5, 5.41) is 9.80. The first kappa shape index (κ1) is 23.2. The summed E-state index contributed by atoms with van der Waals surface area (Å²) in [5.41, 5.74) is 6.95. The van der Waals surface area contributed by atoms with Gasteiger partial charge in [0.25, 0.3) is 0 Å². The number of rotatable bonds is 5. The number of piperazine rings is 1. The molecule has 8 nitrogen and oxygen atoms in total. The maximum Gasteiger partial charge on any atom is 0.313 e. The van der Waals surface area contributed by atoms with Crippen LogP contribution in [-0.2, 0) is 14.4 Å². The number of nitrogens with zero attached hydrogens (tertiary/aromatic N) is 2. The van der Waals surface area contributed by atoms with Crippen LogP contribution in [-0.4, -0.2) is 52.9 Å². The molecule has 0 bridgehead atoms. The highest BCUT2D eigenvalue weighted by Crippen LogP contribution is 2.47. The van der Waals surface area contributed by atoms with Gasteiger partial charge in [0.15, 0.2) is 0 Å². The van der Waals surface area contributed by atoms with Crippen LogP contribution in [0.2, 0.25) is 0 Å². The maximum absolute atomic E-state index is 13.2. The fourth-order valence-corrected chi connectivity index (χ4v) is 3.92. The van der Waals surface area contributed by atoms with Crippen LogP contribution in [0.25, 0.3) is 0 Å². The highest BCUT2D eigenvalue weighted by atomic mass is 16.2. The summed E-state index contributed by atoms with van der Waals surface area (Å²) in [6, 6.07) is 8.82. The molecule has 0 unspecified atom stereocenters. The minimum absolute atomic E-state index is 0.114. The Hall–Kier alpha value is -3.42. The molecule has 4 N–H and O–H groups in total. The molecule has 0 spiro atoms. The van der Waals surface area contributed by atoms with Crippen LogP contribution >= 0.6 is 0 Å². The van der Waals surface area contributed by atoms with Gasteiger partial charge in [-0.1, -0.05) is 37.3 Å². The lowest BCUT2D eigenvalue weighted by atomic mass is 9.97. The second-order valence-electron chi connectivity index (χ2n) is 8.86. The van der Waals surface area contributed by atoms with Gasteiger partial charge in [0, 0.05) is 37.0 Å². The Labute approximate surface area is 188 Å². The van der Waals surface area contributed by atoms with E-state index in [0.717, 1.165) is 24.6 Å². The Kier molecular flexibility index (Phi) is 6.81. The third kappa shape index (κ3) is 4.90. The molecule has 3 rings (SSSR count). The van der Waals surface area contributed by atoms with E-state index in [2.05, 4.69) is 5.32 Å². The van der Waals surface area contributed by atoms with Crippen molar-refractivity contribution in [2.45, 2.75) is 45.7 Å². The van der Waals surface area contributed by atoms with Gasteiger partial charge in [-0.25, -0.2) is 0 Å². The van der Waals surface area contributed by atoms with Gasteiger partial charge in [0.1, 0.15) is 0 Å². The molecule has 2 aliphatic rings. The summed E-state index contributed by atoms with van der Waals surface area (Å²) in [5.74, 6) is -1.38. The maximum atomic E-state index is 13.2. The van der Waals surface area contributed by atoms with Crippen molar-refractivity contribution in [1.82, 2.24) is 15.1 Å². The molecular weight excluding hydrogens is 406 g/mol. The minimum Gasteiger partial charge on any atom is -0.403 e. The van der Waals surface area contributed by atoms with Crippen molar-refractivity contribution in [2.24, 2.45) is 11.1 Å². The van der Waals surface area contributed by atoms with Gasteiger partial charge in [-0.3, -0.25) is 14.4 Å². The average Bonchev–Trinajstić information content (AvgIpc) is 3.56. The number of amides is 3. The van der Waals surface area contributed by atoms with E-state index in [1.165, 1.54) is 17.2 Å². The van der Waals surface area contributed by atoms with Crippen molar-refractivity contribution >= 4 is 23.9 Å². The molecule has 32 heavy (non-hydrogen) atoms. The largest absolute Gasteiger partial charge is 0.403 e. The molecule has 2 fully saturated rings. The van der Waals surface area contributed by atoms with Gasteiger partial charge in [-0.15, -0.1) is 0 Å². The number of hydrogen-bond donors (Lipinski definition) is 3. The first-order valence-corrected chi connectivity index (χ1v) is 10.8. The summed E-state index contributed by atoms with van der Waals surface area (Å²) in [4.78, 5) is 42.5. The Morgan fingerprint density at radius 2 is 1.81 bits per heavy atom. The SMILES string of the molecule is C/C(C=N)=C/C(=C\N)NC(=O)C(=O)N1C[C@@H](C)N(C(=O)C2(C)CC2)C[C@@H]1c1ccccc1. The van der Waals surface area contributed by atoms with Gasteiger partial charge >= 0.3 is 11.8 Å². The van der Waals surface area contributed by atoms with Gasteiger partial charge in [0.05, 0.1) is 11.7 Å². The van der Waals surface area contributed by atoms with E-state index in [0.29, 0.717) is 12.1 Å². The lowest BCUT2D eigenvalue weighted by molar-refractivity contribution is -0.154. The van der Waals surface area contributed by atoms with Crippen LogP contribution in [0.3, 0.4) is 0 Å². The Balaban J connectivity index is 1.84. The monoisotopic (exact) mass is 437 g/mol. The number of carbonyl (C=O) groups excluding carboxylic acids is 3. The fraction of sp³-hybridized carbons (Fsp3) is 0.417. The van der Waals surface area contributed by atoms with E-state index < -0.39 is 17.9 Å². The zero-order valence-electron chi connectivity index (χ0n) is 18.8. The number of carbonyl (C=O) groups is 3. The summed E-state index contributed by atoms with van der Waals surface area (Å²) in [6.45, 7) is 6.17. The van der Waals surface area contributed by atoms with Gasteiger partial charge < -0.3 is 26.3 Å². The summed E-state index contributed by atoms with van der Waals surface area (Å²) >= 11 is 0. The number of nitrogens with two attached hydrogens (primary N) is 1. The zero-order valence-corrected chi connectivity index (χ0v) is 18.8. The molecule has 1 aromatic carbocycles. The molecule has 1 aliphatic carbocycles. The second kappa shape index (κ2) is 9.38. The van der Waals surface area contributed by atoms with Crippen LogP contribution in [0.1, 0.15) is 45.2 Å². The normalized spacial score (nSPS) is 22.8. The first-order valence-electron chi connectivity index (χ1n) is 10.8. The van der Waals surface area contributed by atoms with Crippen molar-refractivity contribution in [3.8, 4) is 0 Å². The second-order valence-corrected chi connectivity index (χ2v) is 8.86. The molecule has 1 aliphatic heterocycles. The molecule has 0 aromatic heterocycles. The molecule has 3 amide bonds. The lowest BCUT2D eigenvalue weighted by Gasteiger charge is -2.46. The highest BCUT2D eigenvalue weighted by molar-refractivity contribution is 6.35. The molecule has 8 heteroatoms. The van der Waals surface area contributed by atoms with E-state index in [1.807, 2.05) is 49.1 Å². The van der Waals surface area contributed by atoms with Crippen LogP contribution in [0.15, 0.2) is 53.9 Å². The van der Waals surface area contributed by atoms with Crippen LogP contribution in [0, 0.1) is 10.8 Å².